The van der Waals surface area contributed by atoms with Crippen LogP contribution in [0, 0.1) is 2.88 Å². The fourth-order valence-electron chi connectivity index (χ4n) is 2.05. The normalized spacial score (nSPS) is 12.3. The largest absolute Gasteiger partial charge is 0.307 e. The first-order chi connectivity index (χ1) is 9.61. The van der Waals surface area contributed by atoms with E-state index in [1.54, 1.807) is 6.07 Å². The zero-order valence-corrected chi connectivity index (χ0v) is 14.8. The SMILES string of the molecule is CCN[C@@H](Cc1ccccc1)C(=O)c1cc(Cl)sc1I. The van der Waals surface area contributed by atoms with E-state index in [9.17, 15) is 4.79 Å². The summed E-state index contributed by atoms with van der Waals surface area (Å²) < 4.78 is 1.61. The average molecular weight is 420 g/mol. The highest BCUT2D eigenvalue weighted by Gasteiger charge is 2.23. The van der Waals surface area contributed by atoms with Crippen LogP contribution in [0.1, 0.15) is 22.8 Å². The molecule has 0 spiro atoms. The van der Waals surface area contributed by atoms with Crippen LogP contribution < -0.4 is 5.32 Å². The third kappa shape index (κ3) is 4.04. The summed E-state index contributed by atoms with van der Waals surface area (Å²) in [7, 11) is 0. The van der Waals surface area contributed by atoms with Gasteiger partial charge in [0.05, 0.1) is 13.3 Å². The van der Waals surface area contributed by atoms with Crippen molar-refractivity contribution in [1.82, 2.24) is 5.32 Å². The first kappa shape index (κ1) is 15.9. The number of carbonyl (C=O) groups excluding carboxylic acids is 1. The Labute approximate surface area is 141 Å². The number of Topliss-reactive ketones (excluding diaryl/α,β-unsaturated/α-hetero) is 1. The Hall–Kier alpha value is -0.430. The Balaban J connectivity index is 2.20. The number of halogens is 2. The summed E-state index contributed by atoms with van der Waals surface area (Å²) in [4.78, 5) is 12.7. The molecule has 106 valence electrons. The molecule has 1 aromatic carbocycles. The summed E-state index contributed by atoms with van der Waals surface area (Å²) in [6, 6.07) is 11.6. The van der Waals surface area contributed by atoms with Crippen molar-refractivity contribution in [2.75, 3.05) is 6.54 Å². The molecular weight excluding hydrogens is 405 g/mol. The molecule has 0 aliphatic rings. The van der Waals surface area contributed by atoms with E-state index in [-0.39, 0.29) is 11.8 Å². The summed E-state index contributed by atoms with van der Waals surface area (Å²) in [5.74, 6) is 0.114. The number of rotatable bonds is 6. The molecular formula is C15H15ClINOS. The molecule has 0 aliphatic carbocycles. The Morgan fingerprint density at radius 1 is 1.40 bits per heavy atom. The van der Waals surface area contributed by atoms with E-state index >= 15 is 0 Å². The molecule has 0 bridgehead atoms. The maximum absolute atomic E-state index is 12.7. The van der Waals surface area contributed by atoms with Crippen LogP contribution in [0.4, 0.5) is 0 Å². The highest BCUT2D eigenvalue weighted by Crippen LogP contribution is 2.29. The maximum atomic E-state index is 12.7. The summed E-state index contributed by atoms with van der Waals surface area (Å²) in [6.07, 6.45) is 0.692. The quantitative estimate of drug-likeness (QED) is 0.555. The van der Waals surface area contributed by atoms with E-state index in [4.69, 9.17) is 11.6 Å². The van der Waals surface area contributed by atoms with Crippen molar-refractivity contribution in [2.24, 2.45) is 0 Å². The Kier molecular flexibility index (Phi) is 6.01. The van der Waals surface area contributed by atoms with E-state index in [0.29, 0.717) is 10.8 Å². The van der Waals surface area contributed by atoms with Gasteiger partial charge in [0, 0.05) is 5.56 Å². The zero-order valence-electron chi connectivity index (χ0n) is 11.0. The monoisotopic (exact) mass is 419 g/mol. The van der Waals surface area contributed by atoms with Gasteiger partial charge in [-0.3, -0.25) is 4.79 Å². The van der Waals surface area contributed by atoms with Crippen molar-refractivity contribution in [3.63, 3.8) is 0 Å². The van der Waals surface area contributed by atoms with Crippen LogP contribution in [0.2, 0.25) is 4.34 Å². The summed E-state index contributed by atoms with van der Waals surface area (Å²) in [6.45, 7) is 2.77. The molecule has 1 aromatic heterocycles. The van der Waals surface area contributed by atoms with E-state index in [1.807, 2.05) is 37.3 Å². The first-order valence-electron chi connectivity index (χ1n) is 6.38. The van der Waals surface area contributed by atoms with Gasteiger partial charge in [-0.2, -0.15) is 0 Å². The number of hydrogen-bond acceptors (Lipinski definition) is 3. The predicted octanol–water partition coefficient (Wildman–Crippen LogP) is 4.41. The zero-order chi connectivity index (χ0) is 14.5. The van der Waals surface area contributed by atoms with Gasteiger partial charge in [0.15, 0.2) is 5.78 Å². The lowest BCUT2D eigenvalue weighted by molar-refractivity contribution is 0.0943. The molecule has 0 saturated heterocycles. The van der Waals surface area contributed by atoms with Crippen LogP contribution in [0.3, 0.4) is 0 Å². The van der Waals surface area contributed by atoms with Crippen molar-refractivity contribution < 1.29 is 4.79 Å². The molecule has 1 heterocycles. The summed E-state index contributed by atoms with van der Waals surface area (Å²) in [5.41, 5.74) is 1.88. The van der Waals surface area contributed by atoms with Crippen molar-refractivity contribution in [1.29, 1.82) is 0 Å². The van der Waals surface area contributed by atoms with E-state index in [2.05, 4.69) is 27.9 Å². The first-order valence-corrected chi connectivity index (χ1v) is 8.65. The second-order valence-electron chi connectivity index (χ2n) is 4.40. The topological polar surface area (TPSA) is 29.1 Å². The molecule has 20 heavy (non-hydrogen) atoms. The molecule has 0 unspecified atom stereocenters. The van der Waals surface area contributed by atoms with E-state index < -0.39 is 0 Å². The second-order valence-corrected chi connectivity index (χ2v) is 7.90. The number of likely N-dealkylation sites (N-methyl/N-ethyl adjacent to an activating group) is 1. The Morgan fingerprint density at radius 2 is 2.10 bits per heavy atom. The molecule has 1 atom stereocenters. The maximum Gasteiger partial charge on any atom is 0.182 e. The Bertz CT molecular complexity index is 585. The lowest BCUT2D eigenvalue weighted by Crippen LogP contribution is -2.38. The average Bonchev–Trinajstić information content (AvgIpc) is 2.77. The van der Waals surface area contributed by atoms with Gasteiger partial charge in [-0.05, 0) is 47.2 Å². The number of hydrogen-bond donors (Lipinski definition) is 1. The fourth-order valence-corrected chi connectivity index (χ4v) is 4.53. The van der Waals surface area contributed by atoms with Crippen LogP contribution in [-0.4, -0.2) is 18.4 Å². The predicted molar refractivity (Wildman–Crippen MR) is 94.0 cm³/mol. The number of carbonyl (C=O) groups is 1. The number of benzene rings is 1. The number of thiophene rings is 1. The molecule has 1 N–H and O–H groups in total. The minimum Gasteiger partial charge on any atom is -0.307 e. The molecule has 2 nitrogen and oxygen atoms in total. The second kappa shape index (κ2) is 7.54. The third-order valence-corrected chi connectivity index (χ3v) is 5.27. The molecule has 2 rings (SSSR count). The summed E-state index contributed by atoms with van der Waals surface area (Å²) in [5, 5.41) is 3.27. The number of nitrogens with one attached hydrogen (secondary N) is 1. The molecule has 0 aliphatic heterocycles. The van der Waals surface area contributed by atoms with Crippen molar-refractivity contribution >= 4 is 51.3 Å². The van der Waals surface area contributed by atoms with E-state index in [1.165, 1.54) is 11.3 Å². The molecule has 0 saturated carbocycles. The van der Waals surface area contributed by atoms with Gasteiger partial charge in [-0.25, -0.2) is 0 Å². The van der Waals surface area contributed by atoms with Crippen molar-refractivity contribution in [2.45, 2.75) is 19.4 Å². The number of ketones is 1. The molecule has 0 radical (unpaired) electrons. The van der Waals surface area contributed by atoms with Crippen LogP contribution in [0.25, 0.3) is 0 Å². The van der Waals surface area contributed by atoms with Gasteiger partial charge in [-0.15, -0.1) is 11.3 Å². The molecule has 2 aromatic rings. The van der Waals surface area contributed by atoms with E-state index in [0.717, 1.165) is 20.6 Å². The van der Waals surface area contributed by atoms with Crippen LogP contribution in [0.5, 0.6) is 0 Å². The van der Waals surface area contributed by atoms with Gasteiger partial charge in [0.1, 0.15) is 0 Å². The van der Waals surface area contributed by atoms with Gasteiger partial charge in [0.2, 0.25) is 0 Å². The standard InChI is InChI=1S/C15H15ClINOS/c1-2-18-12(8-10-6-4-3-5-7-10)14(19)11-9-13(16)20-15(11)17/h3-7,9,12,18H,2,8H2,1H3/t12-/m0/s1. The Morgan fingerprint density at radius 3 is 2.65 bits per heavy atom. The van der Waals surface area contributed by atoms with Gasteiger partial charge in [0.25, 0.3) is 0 Å². The fraction of sp³-hybridized carbons (Fsp3) is 0.267. The van der Waals surface area contributed by atoms with Crippen LogP contribution in [0.15, 0.2) is 36.4 Å². The third-order valence-electron chi connectivity index (χ3n) is 2.97. The van der Waals surface area contributed by atoms with Gasteiger partial charge in [-0.1, -0.05) is 48.9 Å². The van der Waals surface area contributed by atoms with Gasteiger partial charge >= 0.3 is 0 Å². The lowest BCUT2D eigenvalue weighted by Gasteiger charge is -2.16. The van der Waals surface area contributed by atoms with Crippen LogP contribution in [-0.2, 0) is 6.42 Å². The smallest absolute Gasteiger partial charge is 0.182 e. The minimum atomic E-state index is -0.207. The highest BCUT2D eigenvalue weighted by atomic mass is 127. The van der Waals surface area contributed by atoms with Crippen molar-refractivity contribution in [3.8, 4) is 0 Å². The minimum absolute atomic E-state index is 0.114. The molecule has 0 amide bonds. The lowest BCUT2D eigenvalue weighted by atomic mass is 9.99. The van der Waals surface area contributed by atoms with Crippen LogP contribution >= 0.6 is 45.5 Å². The molecule has 0 fully saturated rings. The highest BCUT2D eigenvalue weighted by molar-refractivity contribution is 14.1. The molecule has 5 heteroatoms. The van der Waals surface area contributed by atoms with Gasteiger partial charge < -0.3 is 5.32 Å². The van der Waals surface area contributed by atoms with Crippen molar-refractivity contribution in [3.05, 3.63) is 54.7 Å². The summed E-state index contributed by atoms with van der Waals surface area (Å²) >= 11 is 9.61.